The third-order valence-corrected chi connectivity index (χ3v) is 7.19. The van der Waals surface area contributed by atoms with Crippen LogP contribution in [-0.4, -0.2) is 38.3 Å². The zero-order valence-electron chi connectivity index (χ0n) is 16.3. The largest absolute Gasteiger partial charge is 0.494 e. The number of piperidine rings is 1. The van der Waals surface area contributed by atoms with Crippen LogP contribution in [0.3, 0.4) is 0 Å². The molecule has 0 saturated carbocycles. The van der Waals surface area contributed by atoms with Crippen molar-refractivity contribution < 1.29 is 17.9 Å². The Morgan fingerprint density at radius 2 is 1.93 bits per heavy atom. The Morgan fingerprint density at radius 3 is 2.62 bits per heavy atom. The van der Waals surface area contributed by atoms with Gasteiger partial charge in [-0.25, -0.2) is 8.42 Å². The van der Waals surface area contributed by atoms with Crippen LogP contribution in [-0.2, 0) is 21.4 Å². The molecule has 1 fully saturated rings. The first kappa shape index (κ1) is 21.6. The average Bonchev–Trinajstić information content (AvgIpc) is 2.74. The second kappa shape index (κ2) is 9.61. The lowest BCUT2D eigenvalue weighted by Crippen LogP contribution is -2.45. The number of carbonyl (C=O) groups excluding carboxylic acids is 1. The second-order valence-electron chi connectivity index (χ2n) is 6.92. The molecule has 0 radical (unpaired) electrons. The van der Waals surface area contributed by atoms with Crippen molar-refractivity contribution in [3.8, 4) is 5.75 Å². The second-order valence-corrected chi connectivity index (χ2v) is 9.26. The minimum absolute atomic E-state index is 0.156. The SMILES string of the molecule is CCOc1ccc(S(=O)(=O)N2CCC[C@@H](C(=O)NCc3ccccc3Cl)C2)cc1. The summed E-state index contributed by atoms with van der Waals surface area (Å²) in [6.45, 7) is 3.28. The van der Waals surface area contributed by atoms with Crippen molar-refractivity contribution in [1.29, 1.82) is 0 Å². The predicted molar refractivity (Wildman–Crippen MR) is 112 cm³/mol. The molecule has 1 saturated heterocycles. The van der Waals surface area contributed by atoms with Crippen LogP contribution in [0.25, 0.3) is 0 Å². The van der Waals surface area contributed by atoms with Gasteiger partial charge in [-0.15, -0.1) is 0 Å². The van der Waals surface area contributed by atoms with E-state index in [-0.39, 0.29) is 23.3 Å². The fraction of sp³-hybridized carbons (Fsp3) is 0.381. The van der Waals surface area contributed by atoms with Crippen molar-refractivity contribution in [1.82, 2.24) is 9.62 Å². The van der Waals surface area contributed by atoms with Crippen molar-refractivity contribution in [3.63, 3.8) is 0 Å². The highest BCUT2D eigenvalue weighted by Gasteiger charge is 2.33. The Morgan fingerprint density at radius 1 is 1.21 bits per heavy atom. The van der Waals surface area contributed by atoms with E-state index < -0.39 is 10.0 Å². The van der Waals surface area contributed by atoms with Crippen LogP contribution < -0.4 is 10.1 Å². The topological polar surface area (TPSA) is 75.7 Å². The first-order valence-electron chi connectivity index (χ1n) is 9.66. The van der Waals surface area contributed by atoms with E-state index in [2.05, 4.69) is 5.32 Å². The molecule has 0 aliphatic carbocycles. The molecule has 3 rings (SSSR count). The first-order valence-corrected chi connectivity index (χ1v) is 11.5. The molecule has 1 heterocycles. The maximum Gasteiger partial charge on any atom is 0.243 e. The van der Waals surface area contributed by atoms with E-state index in [0.717, 1.165) is 5.56 Å². The highest BCUT2D eigenvalue weighted by molar-refractivity contribution is 7.89. The Labute approximate surface area is 176 Å². The molecular formula is C21H25ClN2O4S. The first-order chi connectivity index (χ1) is 13.9. The van der Waals surface area contributed by atoms with Crippen LogP contribution in [0.2, 0.25) is 5.02 Å². The lowest BCUT2D eigenvalue weighted by atomic mass is 9.99. The molecule has 29 heavy (non-hydrogen) atoms. The zero-order valence-corrected chi connectivity index (χ0v) is 17.9. The van der Waals surface area contributed by atoms with Crippen molar-refractivity contribution in [2.45, 2.75) is 31.2 Å². The number of halogens is 1. The third-order valence-electron chi connectivity index (χ3n) is 4.94. The summed E-state index contributed by atoms with van der Waals surface area (Å²) in [6, 6.07) is 13.7. The zero-order chi connectivity index (χ0) is 20.9. The molecule has 0 unspecified atom stereocenters. The van der Waals surface area contributed by atoms with Gasteiger partial charge in [-0.3, -0.25) is 4.79 Å². The van der Waals surface area contributed by atoms with Gasteiger partial charge in [0.1, 0.15) is 5.75 Å². The fourth-order valence-corrected chi connectivity index (χ4v) is 5.09. The highest BCUT2D eigenvalue weighted by Crippen LogP contribution is 2.25. The maximum atomic E-state index is 13.0. The van der Waals surface area contributed by atoms with Crippen molar-refractivity contribution in [2.75, 3.05) is 19.7 Å². The molecule has 0 bridgehead atoms. The smallest absolute Gasteiger partial charge is 0.243 e. The number of nitrogens with zero attached hydrogens (tertiary/aromatic N) is 1. The number of benzene rings is 2. The monoisotopic (exact) mass is 436 g/mol. The summed E-state index contributed by atoms with van der Waals surface area (Å²) >= 11 is 6.13. The Balaban J connectivity index is 1.64. The molecule has 1 amide bonds. The average molecular weight is 437 g/mol. The summed E-state index contributed by atoms with van der Waals surface area (Å²) in [6.07, 6.45) is 1.30. The Bertz CT molecular complexity index is 947. The number of rotatable bonds is 7. The van der Waals surface area contributed by atoms with Crippen molar-refractivity contribution in [2.24, 2.45) is 5.92 Å². The van der Waals surface area contributed by atoms with Crippen LogP contribution in [0.4, 0.5) is 0 Å². The van der Waals surface area contributed by atoms with Gasteiger partial charge in [0.25, 0.3) is 0 Å². The molecule has 0 spiro atoms. The molecule has 2 aromatic carbocycles. The lowest BCUT2D eigenvalue weighted by Gasteiger charge is -2.31. The normalized spacial score (nSPS) is 17.7. The maximum absolute atomic E-state index is 13.0. The van der Waals surface area contributed by atoms with Gasteiger partial charge in [0, 0.05) is 24.7 Å². The van der Waals surface area contributed by atoms with Gasteiger partial charge in [-0.05, 0) is 55.7 Å². The van der Waals surface area contributed by atoms with E-state index in [0.29, 0.717) is 43.3 Å². The van der Waals surface area contributed by atoms with Crippen molar-refractivity contribution in [3.05, 3.63) is 59.1 Å². The molecular weight excluding hydrogens is 412 g/mol. The van der Waals surface area contributed by atoms with Crippen LogP contribution in [0.1, 0.15) is 25.3 Å². The van der Waals surface area contributed by atoms with Gasteiger partial charge in [0.05, 0.1) is 17.4 Å². The van der Waals surface area contributed by atoms with Crippen LogP contribution in [0.5, 0.6) is 5.75 Å². The predicted octanol–water partition coefficient (Wildman–Crippen LogP) is 3.46. The van der Waals surface area contributed by atoms with E-state index in [4.69, 9.17) is 16.3 Å². The van der Waals surface area contributed by atoms with Gasteiger partial charge in [-0.2, -0.15) is 4.31 Å². The summed E-state index contributed by atoms with van der Waals surface area (Å²) in [7, 11) is -3.66. The molecule has 6 nitrogen and oxygen atoms in total. The van der Waals surface area contributed by atoms with E-state index >= 15 is 0 Å². The van der Waals surface area contributed by atoms with Crippen molar-refractivity contribution >= 4 is 27.5 Å². The number of sulfonamides is 1. The summed E-state index contributed by atoms with van der Waals surface area (Å²) in [5.74, 6) is 0.0853. The van der Waals surface area contributed by atoms with Gasteiger partial charge < -0.3 is 10.1 Å². The summed E-state index contributed by atoms with van der Waals surface area (Å²) < 4.78 is 32.7. The number of amides is 1. The van der Waals surface area contributed by atoms with Gasteiger partial charge in [0.15, 0.2) is 0 Å². The quantitative estimate of drug-likeness (QED) is 0.721. The van der Waals surface area contributed by atoms with Crippen LogP contribution >= 0.6 is 11.6 Å². The molecule has 2 aromatic rings. The van der Waals surface area contributed by atoms with Gasteiger partial charge in [-0.1, -0.05) is 29.8 Å². The minimum Gasteiger partial charge on any atom is -0.494 e. The van der Waals surface area contributed by atoms with E-state index in [9.17, 15) is 13.2 Å². The van der Waals surface area contributed by atoms with E-state index in [1.165, 1.54) is 4.31 Å². The van der Waals surface area contributed by atoms with E-state index in [1.807, 2.05) is 25.1 Å². The molecule has 1 atom stereocenters. The van der Waals surface area contributed by atoms with Gasteiger partial charge in [0.2, 0.25) is 15.9 Å². The molecule has 156 valence electrons. The summed E-state index contributed by atoms with van der Waals surface area (Å²) in [5.41, 5.74) is 0.831. The molecule has 8 heteroatoms. The fourth-order valence-electron chi connectivity index (χ4n) is 3.37. The lowest BCUT2D eigenvalue weighted by molar-refractivity contribution is -0.126. The van der Waals surface area contributed by atoms with Crippen LogP contribution in [0.15, 0.2) is 53.4 Å². The number of nitrogens with one attached hydrogen (secondary N) is 1. The third kappa shape index (κ3) is 5.29. The van der Waals surface area contributed by atoms with E-state index in [1.54, 1.807) is 30.3 Å². The highest BCUT2D eigenvalue weighted by atomic mass is 35.5. The van der Waals surface area contributed by atoms with Crippen LogP contribution in [0, 0.1) is 5.92 Å². The molecule has 1 N–H and O–H groups in total. The Kier molecular flexibility index (Phi) is 7.16. The summed E-state index contributed by atoms with van der Waals surface area (Å²) in [5, 5.41) is 3.48. The number of hydrogen-bond donors (Lipinski definition) is 1. The molecule has 0 aromatic heterocycles. The molecule has 1 aliphatic rings. The van der Waals surface area contributed by atoms with Gasteiger partial charge >= 0.3 is 0 Å². The number of ether oxygens (including phenoxy) is 1. The Hall–Kier alpha value is -2.09. The number of carbonyl (C=O) groups is 1. The summed E-state index contributed by atoms with van der Waals surface area (Å²) in [4.78, 5) is 12.8. The number of hydrogen-bond acceptors (Lipinski definition) is 4. The molecule has 1 aliphatic heterocycles. The standard InChI is InChI=1S/C21H25ClN2O4S/c1-2-28-18-9-11-19(12-10-18)29(26,27)24-13-5-7-17(15-24)21(25)23-14-16-6-3-4-8-20(16)22/h3-4,6,8-12,17H,2,5,7,13-15H2,1H3,(H,23,25)/t17-/m1/s1. The minimum atomic E-state index is -3.66.